The Balaban J connectivity index is 2.08. The van der Waals surface area contributed by atoms with Gasteiger partial charge in [-0.05, 0) is 43.9 Å². The number of ether oxygens (including phenoxy) is 1. The van der Waals surface area contributed by atoms with Crippen molar-refractivity contribution in [1.29, 1.82) is 0 Å². The summed E-state index contributed by atoms with van der Waals surface area (Å²) in [5, 5.41) is 9.02. The van der Waals surface area contributed by atoms with Crippen LogP contribution >= 0.6 is 0 Å². The molecule has 0 aromatic rings. The molecule has 2 heteroatoms. The summed E-state index contributed by atoms with van der Waals surface area (Å²) < 4.78 is 5.91. The van der Waals surface area contributed by atoms with Crippen molar-refractivity contribution in [3.05, 3.63) is 0 Å². The van der Waals surface area contributed by atoms with Crippen molar-refractivity contribution < 1.29 is 9.84 Å². The second kappa shape index (κ2) is 7.24. The van der Waals surface area contributed by atoms with Gasteiger partial charge in [-0.25, -0.2) is 0 Å². The van der Waals surface area contributed by atoms with Gasteiger partial charge in [-0.15, -0.1) is 0 Å². The molecule has 1 fully saturated rings. The standard InChI is InChI=1S/C13H26O2/c1-3-4-11(2)10-15-13-7-5-12(9-14)6-8-13/h11-14H,3-10H2,1-2H3. The van der Waals surface area contributed by atoms with Crippen molar-refractivity contribution in [2.24, 2.45) is 11.8 Å². The van der Waals surface area contributed by atoms with E-state index in [9.17, 15) is 0 Å². The van der Waals surface area contributed by atoms with Crippen molar-refractivity contribution >= 4 is 0 Å². The van der Waals surface area contributed by atoms with E-state index in [0.29, 0.717) is 24.5 Å². The average Bonchev–Trinajstić information content (AvgIpc) is 2.27. The van der Waals surface area contributed by atoms with Crippen LogP contribution in [-0.4, -0.2) is 24.4 Å². The van der Waals surface area contributed by atoms with E-state index in [4.69, 9.17) is 9.84 Å². The largest absolute Gasteiger partial charge is 0.396 e. The first-order valence-electron chi connectivity index (χ1n) is 6.48. The summed E-state index contributed by atoms with van der Waals surface area (Å²) in [7, 11) is 0. The minimum atomic E-state index is 0.360. The fourth-order valence-corrected chi connectivity index (χ4v) is 2.36. The second-order valence-corrected chi connectivity index (χ2v) is 5.05. The first-order valence-corrected chi connectivity index (χ1v) is 6.48. The molecule has 0 aromatic carbocycles. The molecule has 0 bridgehead atoms. The maximum absolute atomic E-state index is 9.02. The van der Waals surface area contributed by atoms with Crippen molar-refractivity contribution in [3.8, 4) is 0 Å². The molecular weight excluding hydrogens is 188 g/mol. The maximum Gasteiger partial charge on any atom is 0.0575 e. The molecule has 1 saturated carbocycles. The van der Waals surface area contributed by atoms with Gasteiger partial charge in [0.1, 0.15) is 0 Å². The van der Waals surface area contributed by atoms with Gasteiger partial charge >= 0.3 is 0 Å². The summed E-state index contributed by atoms with van der Waals surface area (Å²) in [4.78, 5) is 0. The van der Waals surface area contributed by atoms with Gasteiger partial charge in [0, 0.05) is 13.2 Å². The Kier molecular flexibility index (Phi) is 6.26. The van der Waals surface area contributed by atoms with Crippen LogP contribution in [0, 0.1) is 11.8 Å². The van der Waals surface area contributed by atoms with Gasteiger partial charge in [0.05, 0.1) is 6.10 Å². The zero-order chi connectivity index (χ0) is 11.1. The minimum absolute atomic E-state index is 0.360. The summed E-state index contributed by atoms with van der Waals surface area (Å²) in [5.74, 6) is 1.24. The van der Waals surface area contributed by atoms with E-state index in [1.54, 1.807) is 0 Å². The summed E-state index contributed by atoms with van der Waals surface area (Å²) in [6.07, 6.45) is 7.56. The number of hydrogen-bond donors (Lipinski definition) is 1. The topological polar surface area (TPSA) is 29.5 Å². The van der Waals surface area contributed by atoms with E-state index in [0.717, 1.165) is 32.3 Å². The van der Waals surface area contributed by atoms with E-state index in [1.165, 1.54) is 12.8 Å². The van der Waals surface area contributed by atoms with E-state index < -0.39 is 0 Å². The predicted molar refractivity (Wildman–Crippen MR) is 62.9 cm³/mol. The number of aliphatic hydroxyl groups is 1. The Morgan fingerprint density at radius 2 is 1.93 bits per heavy atom. The molecule has 1 rings (SSSR count). The number of rotatable bonds is 6. The lowest BCUT2D eigenvalue weighted by molar-refractivity contribution is -0.00456. The van der Waals surface area contributed by atoms with Crippen LogP contribution in [-0.2, 0) is 4.74 Å². The summed E-state index contributed by atoms with van der Waals surface area (Å²) in [6.45, 7) is 5.77. The molecule has 0 amide bonds. The van der Waals surface area contributed by atoms with Crippen molar-refractivity contribution in [1.82, 2.24) is 0 Å². The first kappa shape index (κ1) is 13.0. The number of hydrogen-bond acceptors (Lipinski definition) is 2. The molecule has 0 aliphatic heterocycles. The molecule has 2 nitrogen and oxygen atoms in total. The molecule has 1 aliphatic rings. The SMILES string of the molecule is CCCC(C)COC1CCC(CO)CC1. The summed E-state index contributed by atoms with van der Waals surface area (Å²) in [6, 6.07) is 0. The third-order valence-corrected chi connectivity index (χ3v) is 3.45. The highest BCUT2D eigenvalue weighted by molar-refractivity contribution is 4.72. The molecule has 1 aliphatic carbocycles. The quantitative estimate of drug-likeness (QED) is 0.736. The van der Waals surface area contributed by atoms with Crippen LogP contribution in [0.3, 0.4) is 0 Å². The van der Waals surface area contributed by atoms with Gasteiger partial charge in [-0.1, -0.05) is 20.3 Å². The molecule has 0 heterocycles. The zero-order valence-electron chi connectivity index (χ0n) is 10.2. The lowest BCUT2D eigenvalue weighted by Gasteiger charge is -2.28. The van der Waals surface area contributed by atoms with Crippen molar-refractivity contribution in [2.75, 3.05) is 13.2 Å². The van der Waals surface area contributed by atoms with Crippen LogP contribution in [0.25, 0.3) is 0 Å². The van der Waals surface area contributed by atoms with Gasteiger partial charge in [0.15, 0.2) is 0 Å². The normalized spacial score (nSPS) is 29.0. The van der Waals surface area contributed by atoms with Gasteiger partial charge in [0.25, 0.3) is 0 Å². The highest BCUT2D eigenvalue weighted by atomic mass is 16.5. The van der Waals surface area contributed by atoms with E-state index in [-0.39, 0.29) is 0 Å². The first-order chi connectivity index (χ1) is 7.26. The summed E-state index contributed by atoms with van der Waals surface area (Å²) >= 11 is 0. The van der Waals surface area contributed by atoms with Gasteiger partial charge in [-0.3, -0.25) is 0 Å². The van der Waals surface area contributed by atoms with Crippen LogP contribution in [0.15, 0.2) is 0 Å². The molecule has 0 spiro atoms. The average molecular weight is 214 g/mol. The molecule has 1 atom stereocenters. The van der Waals surface area contributed by atoms with Gasteiger partial charge < -0.3 is 9.84 Å². The molecule has 1 N–H and O–H groups in total. The Bertz CT molecular complexity index is 151. The van der Waals surface area contributed by atoms with Crippen LogP contribution < -0.4 is 0 Å². The van der Waals surface area contributed by atoms with Crippen LogP contribution in [0.5, 0.6) is 0 Å². The smallest absolute Gasteiger partial charge is 0.0575 e. The Labute approximate surface area is 94.0 Å². The van der Waals surface area contributed by atoms with E-state index in [2.05, 4.69) is 13.8 Å². The highest BCUT2D eigenvalue weighted by Gasteiger charge is 2.21. The fraction of sp³-hybridized carbons (Fsp3) is 1.00. The van der Waals surface area contributed by atoms with E-state index in [1.807, 2.05) is 0 Å². The molecular formula is C13H26O2. The maximum atomic E-state index is 9.02. The summed E-state index contributed by atoms with van der Waals surface area (Å²) in [5.41, 5.74) is 0. The third-order valence-electron chi connectivity index (χ3n) is 3.45. The molecule has 15 heavy (non-hydrogen) atoms. The Morgan fingerprint density at radius 1 is 1.27 bits per heavy atom. The minimum Gasteiger partial charge on any atom is -0.396 e. The van der Waals surface area contributed by atoms with Crippen LogP contribution in [0.4, 0.5) is 0 Å². The Hall–Kier alpha value is -0.0800. The van der Waals surface area contributed by atoms with Crippen LogP contribution in [0.1, 0.15) is 52.4 Å². The fourth-order valence-electron chi connectivity index (χ4n) is 2.36. The lowest BCUT2D eigenvalue weighted by atomic mass is 9.88. The molecule has 0 saturated heterocycles. The zero-order valence-corrected chi connectivity index (χ0v) is 10.2. The third kappa shape index (κ3) is 4.98. The number of aliphatic hydroxyl groups excluding tert-OH is 1. The lowest BCUT2D eigenvalue weighted by Crippen LogP contribution is -2.25. The molecule has 0 aromatic heterocycles. The highest BCUT2D eigenvalue weighted by Crippen LogP contribution is 2.26. The van der Waals surface area contributed by atoms with Crippen molar-refractivity contribution in [2.45, 2.75) is 58.5 Å². The molecule has 1 unspecified atom stereocenters. The molecule has 90 valence electrons. The predicted octanol–water partition coefficient (Wildman–Crippen LogP) is 2.99. The van der Waals surface area contributed by atoms with Crippen molar-refractivity contribution in [3.63, 3.8) is 0 Å². The monoisotopic (exact) mass is 214 g/mol. The van der Waals surface area contributed by atoms with Crippen LogP contribution in [0.2, 0.25) is 0 Å². The van der Waals surface area contributed by atoms with E-state index >= 15 is 0 Å². The van der Waals surface area contributed by atoms with Gasteiger partial charge in [0.2, 0.25) is 0 Å². The second-order valence-electron chi connectivity index (χ2n) is 5.05. The Morgan fingerprint density at radius 3 is 2.47 bits per heavy atom. The molecule has 0 radical (unpaired) electrons. The van der Waals surface area contributed by atoms with Gasteiger partial charge in [-0.2, -0.15) is 0 Å².